The van der Waals surface area contributed by atoms with Crippen LogP contribution in [0.4, 0.5) is 0 Å². The third kappa shape index (κ3) is 2.12. The van der Waals surface area contributed by atoms with Crippen LogP contribution in [0.2, 0.25) is 5.02 Å². The minimum atomic E-state index is -1.17. The summed E-state index contributed by atoms with van der Waals surface area (Å²) in [5.74, 6) is 0. The predicted octanol–water partition coefficient (Wildman–Crippen LogP) is 3.04. The lowest BCUT2D eigenvalue weighted by Gasteiger charge is -2.37. The van der Waals surface area contributed by atoms with E-state index in [1.807, 2.05) is 18.2 Å². The quantitative estimate of drug-likeness (QED) is 0.883. The molecule has 1 fully saturated rings. The Morgan fingerprint density at radius 2 is 2.10 bits per heavy atom. The molecule has 4 nitrogen and oxygen atoms in total. The van der Waals surface area contributed by atoms with Gasteiger partial charge in [-0.05, 0) is 31.4 Å². The number of rotatable bonds is 4. The summed E-state index contributed by atoms with van der Waals surface area (Å²) >= 11 is 12.8. The summed E-state index contributed by atoms with van der Waals surface area (Å²) in [5, 5.41) is 15.8. The Balaban J connectivity index is 2.13. The summed E-state index contributed by atoms with van der Waals surface area (Å²) in [6, 6.07) is 6.94. The fourth-order valence-electron chi connectivity index (χ4n) is 2.61. The van der Waals surface area contributed by atoms with Crippen molar-refractivity contribution in [3.63, 3.8) is 0 Å². The average Bonchev–Trinajstić information content (AvgIpc) is 2.97. The molecule has 2 atom stereocenters. The lowest BCUT2D eigenvalue weighted by Crippen LogP contribution is -2.47. The maximum absolute atomic E-state index is 11.0. The third-order valence-corrected chi connectivity index (χ3v) is 5.13. The van der Waals surface area contributed by atoms with Crippen molar-refractivity contribution in [2.45, 2.75) is 36.3 Å². The number of alkyl halides is 1. The van der Waals surface area contributed by atoms with E-state index in [9.17, 15) is 5.11 Å². The number of nitrogens with zero attached hydrogens (tertiary/aromatic N) is 3. The molecule has 6 heteroatoms. The van der Waals surface area contributed by atoms with Gasteiger partial charge >= 0.3 is 0 Å². The largest absolute Gasteiger partial charge is 0.386 e. The van der Waals surface area contributed by atoms with Crippen molar-refractivity contribution in [3.05, 3.63) is 47.5 Å². The highest BCUT2D eigenvalue weighted by atomic mass is 35.5. The van der Waals surface area contributed by atoms with Gasteiger partial charge in [0.1, 0.15) is 24.3 Å². The van der Waals surface area contributed by atoms with E-state index in [1.54, 1.807) is 24.0 Å². The first-order valence-corrected chi connectivity index (χ1v) is 7.21. The van der Waals surface area contributed by atoms with Gasteiger partial charge < -0.3 is 5.11 Å². The molecule has 1 saturated carbocycles. The summed E-state index contributed by atoms with van der Waals surface area (Å²) < 4.78 is 1.61. The minimum absolute atomic E-state index is 0.473. The van der Waals surface area contributed by atoms with Crippen molar-refractivity contribution in [1.29, 1.82) is 0 Å². The molecule has 0 aliphatic heterocycles. The highest BCUT2D eigenvalue weighted by Crippen LogP contribution is 2.56. The lowest BCUT2D eigenvalue weighted by atomic mass is 9.85. The van der Waals surface area contributed by atoms with Crippen LogP contribution in [-0.4, -0.2) is 30.3 Å². The number of benzene rings is 1. The van der Waals surface area contributed by atoms with E-state index in [-0.39, 0.29) is 0 Å². The number of aromatic nitrogens is 3. The van der Waals surface area contributed by atoms with Crippen LogP contribution in [0.15, 0.2) is 36.9 Å². The molecule has 2 unspecified atom stereocenters. The van der Waals surface area contributed by atoms with Gasteiger partial charge in [0.05, 0.1) is 4.87 Å². The standard InChI is InChI=1S/C14H15Cl2N3O/c1-13(20,14(16)6-7-14)12(19-9-17-8-18-19)10-4-2-3-5-11(10)15/h2-5,8-9,12,20H,6-7H2,1H3. The van der Waals surface area contributed by atoms with Gasteiger partial charge in [0.2, 0.25) is 0 Å². The van der Waals surface area contributed by atoms with Crippen LogP contribution < -0.4 is 0 Å². The second-order valence-electron chi connectivity index (χ2n) is 5.41. The number of halogens is 2. The van der Waals surface area contributed by atoms with Crippen molar-refractivity contribution in [1.82, 2.24) is 14.8 Å². The third-order valence-electron chi connectivity index (χ3n) is 4.03. The molecular weight excluding hydrogens is 297 g/mol. The topological polar surface area (TPSA) is 50.9 Å². The lowest BCUT2D eigenvalue weighted by molar-refractivity contribution is 0.00438. The van der Waals surface area contributed by atoms with Gasteiger partial charge in [0.15, 0.2) is 0 Å². The van der Waals surface area contributed by atoms with Gasteiger partial charge in [-0.1, -0.05) is 29.8 Å². The van der Waals surface area contributed by atoms with Gasteiger partial charge in [-0.2, -0.15) is 5.10 Å². The molecular formula is C14H15Cl2N3O. The van der Waals surface area contributed by atoms with Crippen LogP contribution in [0.25, 0.3) is 0 Å². The maximum Gasteiger partial charge on any atom is 0.137 e. The van der Waals surface area contributed by atoms with E-state index in [0.717, 1.165) is 18.4 Å². The summed E-state index contributed by atoms with van der Waals surface area (Å²) in [6.45, 7) is 1.74. The predicted molar refractivity (Wildman–Crippen MR) is 78.1 cm³/mol. The van der Waals surface area contributed by atoms with E-state index < -0.39 is 16.5 Å². The molecule has 2 aromatic rings. The van der Waals surface area contributed by atoms with E-state index in [0.29, 0.717) is 5.02 Å². The Morgan fingerprint density at radius 3 is 2.65 bits per heavy atom. The molecule has 1 N–H and O–H groups in total. The zero-order chi connectivity index (χ0) is 14.4. The first-order chi connectivity index (χ1) is 9.46. The van der Waals surface area contributed by atoms with Gasteiger partial charge in [-0.25, -0.2) is 9.67 Å². The first-order valence-electron chi connectivity index (χ1n) is 6.45. The molecule has 0 saturated heterocycles. The maximum atomic E-state index is 11.0. The van der Waals surface area contributed by atoms with Gasteiger partial charge in [0, 0.05) is 5.02 Å². The summed E-state index contributed by atoms with van der Waals surface area (Å²) in [6.07, 6.45) is 4.56. The summed E-state index contributed by atoms with van der Waals surface area (Å²) in [7, 11) is 0. The fraction of sp³-hybridized carbons (Fsp3) is 0.429. The van der Waals surface area contributed by atoms with Crippen molar-refractivity contribution < 1.29 is 5.11 Å². The average molecular weight is 312 g/mol. The molecule has 3 rings (SSSR count). The van der Waals surface area contributed by atoms with Crippen molar-refractivity contribution in [2.75, 3.05) is 0 Å². The summed E-state index contributed by atoms with van der Waals surface area (Å²) in [5.41, 5.74) is -0.385. The van der Waals surface area contributed by atoms with Gasteiger partial charge in [-0.15, -0.1) is 11.6 Å². The molecule has 1 heterocycles. The van der Waals surface area contributed by atoms with E-state index in [4.69, 9.17) is 23.2 Å². The van der Waals surface area contributed by atoms with Crippen LogP contribution in [0.5, 0.6) is 0 Å². The molecule has 1 aliphatic carbocycles. The second kappa shape index (κ2) is 4.72. The first kappa shape index (κ1) is 13.9. The zero-order valence-electron chi connectivity index (χ0n) is 11.0. The highest BCUT2D eigenvalue weighted by molar-refractivity contribution is 6.31. The van der Waals surface area contributed by atoms with Crippen LogP contribution >= 0.6 is 23.2 Å². The molecule has 106 valence electrons. The molecule has 0 bridgehead atoms. The number of hydrogen-bond acceptors (Lipinski definition) is 3. The number of hydrogen-bond donors (Lipinski definition) is 1. The van der Waals surface area contributed by atoms with Crippen LogP contribution in [0.1, 0.15) is 31.4 Å². The second-order valence-corrected chi connectivity index (χ2v) is 6.54. The molecule has 1 aromatic carbocycles. The zero-order valence-corrected chi connectivity index (χ0v) is 12.5. The highest BCUT2D eigenvalue weighted by Gasteiger charge is 2.60. The molecule has 1 aliphatic rings. The summed E-state index contributed by atoms with van der Waals surface area (Å²) in [4.78, 5) is 3.33. The SMILES string of the molecule is CC(O)(C(c1ccccc1Cl)n1cncn1)C1(Cl)CC1. The molecule has 0 radical (unpaired) electrons. The van der Waals surface area contributed by atoms with E-state index in [2.05, 4.69) is 10.1 Å². The monoisotopic (exact) mass is 311 g/mol. The van der Waals surface area contributed by atoms with Crippen LogP contribution in [-0.2, 0) is 0 Å². The Labute approximate surface area is 127 Å². The minimum Gasteiger partial charge on any atom is -0.386 e. The van der Waals surface area contributed by atoms with Gasteiger partial charge in [0.25, 0.3) is 0 Å². The Kier molecular flexibility index (Phi) is 3.27. The van der Waals surface area contributed by atoms with Crippen molar-refractivity contribution >= 4 is 23.2 Å². The van der Waals surface area contributed by atoms with Crippen LogP contribution in [0, 0.1) is 0 Å². The van der Waals surface area contributed by atoms with Gasteiger partial charge in [-0.3, -0.25) is 0 Å². The van der Waals surface area contributed by atoms with Crippen molar-refractivity contribution in [3.8, 4) is 0 Å². The Hall–Kier alpha value is -1.10. The number of aliphatic hydroxyl groups is 1. The Bertz CT molecular complexity index is 609. The fourth-order valence-corrected chi connectivity index (χ4v) is 3.05. The normalized spacial score (nSPS) is 21.2. The van der Waals surface area contributed by atoms with E-state index >= 15 is 0 Å². The van der Waals surface area contributed by atoms with Crippen LogP contribution in [0.3, 0.4) is 0 Å². The molecule has 1 aromatic heterocycles. The smallest absolute Gasteiger partial charge is 0.137 e. The Morgan fingerprint density at radius 1 is 1.40 bits per heavy atom. The van der Waals surface area contributed by atoms with E-state index in [1.165, 1.54) is 6.33 Å². The van der Waals surface area contributed by atoms with Crippen molar-refractivity contribution in [2.24, 2.45) is 0 Å². The molecule has 20 heavy (non-hydrogen) atoms. The molecule has 0 spiro atoms. The molecule has 0 amide bonds.